The number of rotatable bonds is 4. The molecule has 1 heterocycles. The Morgan fingerprint density at radius 2 is 2.09 bits per heavy atom. The zero-order chi connectivity index (χ0) is 16.1. The quantitative estimate of drug-likeness (QED) is 0.878. The van der Waals surface area contributed by atoms with Gasteiger partial charge in [-0.25, -0.2) is 0 Å². The third-order valence-electron chi connectivity index (χ3n) is 3.76. The lowest BCUT2D eigenvalue weighted by atomic mass is 10.1. The van der Waals surface area contributed by atoms with Gasteiger partial charge in [-0.05, 0) is 38.1 Å². The Labute approximate surface area is 139 Å². The van der Waals surface area contributed by atoms with Crippen molar-refractivity contribution in [2.75, 3.05) is 26.7 Å². The highest BCUT2D eigenvalue weighted by Gasteiger charge is 2.22. The van der Waals surface area contributed by atoms with E-state index in [9.17, 15) is 9.59 Å². The summed E-state index contributed by atoms with van der Waals surface area (Å²) in [5.74, 6) is -0.414. The lowest BCUT2D eigenvalue weighted by molar-refractivity contribution is -0.131. The van der Waals surface area contributed by atoms with Crippen molar-refractivity contribution in [3.63, 3.8) is 0 Å². The summed E-state index contributed by atoms with van der Waals surface area (Å²) in [5, 5.41) is 6.51. The van der Waals surface area contributed by atoms with E-state index in [0.717, 1.165) is 19.4 Å². The lowest BCUT2D eigenvalue weighted by Crippen LogP contribution is -2.49. The van der Waals surface area contributed by atoms with E-state index in [-0.39, 0.29) is 18.4 Å². The fraction of sp³-hybridized carbons (Fsp3) is 0.467. The molecular weight excluding hydrogens is 325 g/mol. The summed E-state index contributed by atoms with van der Waals surface area (Å²) < 4.78 is 0. The van der Waals surface area contributed by atoms with Gasteiger partial charge in [0.15, 0.2) is 0 Å². The first kappa shape index (κ1) is 17.1. The van der Waals surface area contributed by atoms with Gasteiger partial charge in [-0.15, -0.1) is 0 Å². The molecule has 0 radical (unpaired) electrons. The van der Waals surface area contributed by atoms with Gasteiger partial charge >= 0.3 is 0 Å². The average Bonchev–Trinajstić information content (AvgIpc) is 2.54. The van der Waals surface area contributed by atoms with Gasteiger partial charge in [0, 0.05) is 24.7 Å². The summed E-state index contributed by atoms with van der Waals surface area (Å²) in [4.78, 5) is 26.0. The smallest absolute Gasteiger partial charge is 0.251 e. The van der Waals surface area contributed by atoms with Gasteiger partial charge in [0.05, 0.1) is 16.6 Å². The molecule has 1 aliphatic rings. The van der Waals surface area contributed by atoms with Gasteiger partial charge in [0.25, 0.3) is 5.91 Å². The van der Waals surface area contributed by atoms with Crippen LogP contribution in [0.2, 0.25) is 10.0 Å². The minimum atomic E-state index is -0.339. The van der Waals surface area contributed by atoms with Gasteiger partial charge in [-0.2, -0.15) is 0 Å². The monoisotopic (exact) mass is 343 g/mol. The van der Waals surface area contributed by atoms with Crippen LogP contribution in [-0.4, -0.2) is 49.4 Å². The number of amides is 2. The van der Waals surface area contributed by atoms with Crippen LogP contribution in [0.15, 0.2) is 18.2 Å². The van der Waals surface area contributed by atoms with E-state index in [1.807, 2.05) is 7.05 Å². The Hall–Kier alpha value is -1.30. The van der Waals surface area contributed by atoms with Crippen molar-refractivity contribution in [1.82, 2.24) is 15.5 Å². The molecule has 1 aromatic rings. The predicted octanol–water partition coefficient (Wildman–Crippen LogP) is 1.93. The second kappa shape index (κ2) is 7.81. The molecule has 7 heteroatoms. The molecule has 2 N–H and O–H groups in total. The Morgan fingerprint density at radius 1 is 1.32 bits per heavy atom. The molecule has 1 saturated heterocycles. The molecule has 0 aliphatic carbocycles. The number of likely N-dealkylation sites (N-methyl/N-ethyl adjacent to an activating group) is 1. The maximum absolute atomic E-state index is 12.2. The summed E-state index contributed by atoms with van der Waals surface area (Å²) >= 11 is 11.7. The average molecular weight is 344 g/mol. The Balaban J connectivity index is 1.87. The largest absolute Gasteiger partial charge is 0.343 e. The molecule has 2 amide bonds. The fourth-order valence-corrected chi connectivity index (χ4v) is 2.74. The van der Waals surface area contributed by atoms with Crippen LogP contribution in [0.25, 0.3) is 0 Å². The summed E-state index contributed by atoms with van der Waals surface area (Å²) in [6.45, 7) is 1.40. The van der Waals surface area contributed by atoms with Crippen LogP contribution in [0.1, 0.15) is 23.2 Å². The molecule has 0 aromatic heterocycles. The van der Waals surface area contributed by atoms with Gasteiger partial charge in [0.2, 0.25) is 5.91 Å². The van der Waals surface area contributed by atoms with Crippen LogP contribution in [0, 0.1) is 0 Å². The highest BCUT2D eigenvalue weighted by Crippen LogP contribution is 2.22. The van der Waals surface area contributed by atoms with Gasteiger partial charge in [-0.1, -0.05) is 23.2 Å². The van der Waals surface area contributed by atoms with E-state index >= 15 is 0 Å². The van der Waals surface area contributed by atoms with Crippen LogP contribution in [0.3, 0.4) is 0 Å². The second-order valence-corrected chi connectivity index (χ2v) is 6.09. The molecule has 120 valence electrons. The van der Waals surface area contributed by atoms with Crippen molar-refractivity contribution >= 4 is 35.0 Å². The highest BCUT2D eigenvalue weighted by molar-refractivity contribution is 6.42. The van der Waals surface area contributed by atoms with Gasteiger partial charge in [-0.3, -0.25) is 9.59 Å². The van der Waals surface area contributed by atoms with E-state index in [1.54, 1.807) is 17.0 Å². The lowest BCUT2D eigenvalue weighted by Gasteiger charge is -2.32. The molecule has 2 rings (SSSR count). The van der Waals surface area contributed by atoms with E-state index in [2.05, 4.69) is 10.6 Å². The molecule has 1 aromatic carbocycles. The number of hydrogen-bond acceptors (Lipinski definition) is 3. The molecular formula is C15H19Cl2N3O2. The van der Waals surface area contributed by atoms with E-state index in [1.165, 1.54) is 6.07 Å². The minimum Gasteiger partial charge on any atom is -0.343 e. The molecule has 22 heavy (non-hydrogen) atoms. The SMILES string of the molecule is CNC1CCCN(C(=O)CNC(=O)c2ccc(Cl)c(Cl)c2)C1. The zero-order valence-electron chi connectivity index (χ0n) is 12.4. The number of nitrogens with zero attached hydrogens (tertiary/aromatic N) is 1. The van der Waals surface area contributed by atoms with Gasteiger partial charge in [0.1, 0.15) is 0 Å². The van der Waals surface area contributed by atoms with Crippen LogP contribution >= 0.6 is 23.2 Å². The zero-order valence-corrected chi connectivity index (χ0v) is 13.9. The van der Waals surface area contributed by atoms with Crippen molar-refractivity contribution in [3.05, 3.63) is 33.8 Å². The molecule has 0 bridgehead atoms. The summed E-state index contributed by atoms with van der Waals surface area (Å²) in [6.07, 6.45) is 2.04. The van der Waals surface area contributed by atoms with Crippen molar-refractivity contribution < 1.29 is 9.59 Å². The highest BCUT2D eigenvalue weighted by atomic mass is 35.5. The van der Waals surface area contributed by atoms with Crippen LogP contribution in [0.4, 0.5) is 0 Å². The van der Waals surface area contributed by atoms with E-state index in [0.29, 0.717) is 28.2 Å². The number of carbonyl (C=O) groups is 2. The van der Waals surface area contributed by atoms with Crippen molar-refractivity contribution in [2.24, 2.45) is 0 Å². The third-order valence-corrected chi connectivity index (χ3v) is 4.50. The fourth-order valence-electron chi connectivity index (χ4n) is 2.45. The maximum atomic E-state index is 12.2. The first-order valence-corrected chi connectivity index (χ1v) is 7.95. The third kappa shape index (κ3) is 4.35. The Bertz CT molecular complexity index is 566. The first-order valence-electron chi connectivity index (χ1n) is 7.19. The maximum Gasteiger partial charge on any atom is 0.251 e. The van der Waals surface area contributed by atoms with Crippen LogP contribution < -0.4 is 10.6 Å². The summed E-state index contributed by atoms with van der Waals surface area (Å²) in [5.41, 5.74) is 0.383. The van der Waals surface area contributed by atoms with Crippen LogP contribution in [-0.2, 0) is 4.79 Å². The topological polar surface area (TPSA) is 61.4 Å². The molecule has 1 unspecified atom stereocenters. The molecule has 1 fully saturated rings. The predicted molar refractivity (Wildman–Crippen MR) is 87.5 cm³/mol. The summed E-state index contributed by atoms with van der Waals surface area (Å²) in [7, 11) is 1.89. The standard InChI is InChI=1S/C15H19Cl2N3O2/c1-18-11-3-2-6-20(9-11)14(21)8-19-15(22)10-4-5-12(16)13(17)7-10/h4-5,7,11,18H,2-3,6,8-9H2,1H3,(H,19,22). The second-order valence-electron chi connectivity index (χ2n) is 5.28. The molecule has 1 aliphatic heterocycles. The van der Waals surface area contributed by atoms with Crippen LogP contribution in [0.5, 0.6) is 0 Å². The van der Waals surface area contributed by atoms with Crippen molar-refractivity contribution in [3.8, 4) is 0 Å². The van der Waals surface area contributed by atoms with Crippen molar-refractivity contribution in [1.29, 1.82) is 0 Å². The normalized spacial score (nSPS) is 18.1. The van der Waals surface area contributed by atoms with Crippen molar-refractivity contribution in [2.45, 2.75) is 18.9 Å². The number of nitrogens with one attached hydrogen (secondary N) is 2. The molecule has 0 spiro atoms. The first-order chi connectivity index (χ1) is 10.5. The number of carbonyl (C=O) groups excluding carboxylic acids is 2. The Kier molecular flexibility index (Phi) is 6.06. The Morgan fingerprint density at radius 3 is 2.77 bits per heavy atom. The minimum absolute atomic E-state index is 0.0183. The van der Waals surface area contributed by atoms with E-state index < -0.39 is 0 Å². The molecule has 5 nitrogen and oxygen atoms in total. The number of hydrogen-bond donors (Lipinski definition) is 2. The van der Waals surface area contributed by atoms with Gasteiger partial charge < -0.3 is 15.5 Å². The number of likely N-dealkylation sites (tertiary alicyclic amines) is 1. The molecule has 0 saturated carbocycles. The number of halogens is 2. The summed E-state index contributed by atoms with van der Waals surface area (Å²) in [6, 6.07) is 4.94. The molecule has 1 atom stereocenters. The number of benzene rings is 1. The number of piperidine rings is 1. The van der Waals surface area contributed by atoms with E-state index in [4.69, 9.17) is 23.2 Å².